The highest BCUT2D eigenvalue weighted by Gasteiger charge is 2.32. The van der Waals surface area contributed by atoms with Crippen LogP contribution in [0.2, 0.25) is 0 Å². The molecule has 0 radical (unpaired) electrons. The number of rotatable bonds is 14. The number of hydrogen-bond donors (Lipinski definition) is 4. The number of likely N-dealkylation sites (N-methyl/N-ethyl adjacent to an activating group) is 1. The van der Waals surface area contributed by atoms with E-state index in [1.807, 2.05) is 19.1 Å². The molecule has 2 unspecified atom stereocenters. The smallest absolute Gasteiger partial charge is 0.406 e. The van der Waals surface area contributed by atoms with Crippen molar-refractivity contribution in [2.24, 2.45) is 5.73 Å². The maximum atomic E-state index is 13.3. The number of nitrogens with two attached hydrogens (primary N) is 1. The van der Waals surface area contributed by atoms with Crippen molar-refractivity contribution in [2.75, 3.05) is 25.0 Å². The summed E-state index contributed by atoms with van der Waals surface area (Å²) in [7, 11) is 0. The van der Waals surface area contributed by atoms with Gasteiger partial charge < -0.3 is 20.7 Å². The van der Waals surface area contributed by atoms with Gasteiger partial charge in [-0.05, 0) is 48.9 Å². The number of ether oxygens (including phenoxy) is 1. The third kappa shape index (κ3) is 9.82. The maximum Gasteiger partial charge on any atom is 0.573 e. The zero-order chi connectivity index (χ0) is 30.7. The second-order valence-electron chi connectivity index (χ2n) is 9.25. The van der Waals surface area contributed by atoms with Gasteiger partial charge in [0, 0.05) is 43.9 Å². The molecule has 2 aromatic carbocycles. The monoisotopic (exact) mass is 610 g/mol. The van der Waals surface area contributed by atoms with E-state index in [1.165, 1.54) is 12.1 Å². The van der Waals surface area contributed by atoms with Gasteiger partial charge in [-0.15, -0.1) is 18.3 Å². The average Bonchev–Trinajstić information content (AvgIpc) is 2.95. The van der Waals surface area contributed by atoms with Crippen LogP contribution in [0.3, 0.4) is 0 Å². The fraction of sp³-hybridized carbons (Fsp3) is 0.370. The summed E-state index contributed by atoms with van der Waals surface area (Å²) >= 11 is 5.82. The molecule has 3 rings (SSSR count). The number of alkyl halides is 3. The van der Waals surface area contributed by atoms with Crippen molar-refractivity contribution in [2.45, 2.75) is 44.6 Å². The van der Waals surface area contributed by atoms with Crippen LogP contribution in [0.15, 0.2) is 54.6 Å². The molecule has 15 heteroatoms. The van der Waals surface area contributed by atoms with Crippen molar-refractivity contribution in [3.8, 4) is 5.75 Å². The highest BCUT2D eigenvalue weighted by Crippen LogP contribution is 2.23. The molecule has 0 fully saturated rings. The van der Waals surface area contributed by atoms with Gasteiger partial charge in [0.2, 0.25) is 11.8 Å². The van der Waals surface area contributed by atoms with Gasteiger partial charge in [-0.2, -0.15) is 0 Å². The number of fused-ring (bicyclic) bond motifs is 1. The Balaban J connectivity index is 1.76. The number of anilines is 1. The largest absolute Gasteiger partial charge is 0.573 e. The molecule has 6 N–H and O–H groups in total. The van der Waals surface area contributed by atoms with E-state index in [0.29, 0.717) is 30.7 Å². The average molecular weight is 611 g/mol. The Bertz CT molecular complexity index is 1360. The maximum absolute atomic E-state index is 13.3. The lowest BCUT2D eigenvalue weighted by Crippen LogP contribution is -2.51. The van der Waals surface area contributed by atoms with Crippen LogP contribution in [0, 0.1) is 0 Å². The molecule has 1 heterocycles. The summed E-state index contributed by atoms with van der Waals surface area (Å²) in [6.07, 6.45) is -4.90. The SMILES string of the molecule is CCN(CCN)C(=O)CCC(NCl)C(=O)NC(Cc1ccc(OC(F)(F)F)cc1)C(=O)Nc1cc2ccccc2n[nH+]1. The van der Waals surface area contributed by atoms with E-state index in [1.54, 1.807) is 23.1 Å². The van der Waals surface area contributed by atoms with E-state index in [2.05, 4.69) is 30.4 Å². The number of hydrogen-bond acceptors (Lipinski definition) is 7. The molecule has 1 aromatic heterocycles. The van der Waals surface area contributed by atoms with Crippen molar-refractivity contribution in [1.82, 2.24) is 20.2 Å². The van der Waals surface area contributed by atoms with Crippen LogP contribution in [-0.2, 0) is 20.8 Å². The Morgan fingerprint density at radius 3 is 2.45 bits per heavy atom. The number of nitrogens with zero attached hydrogens (tertiary/aromatic N) is 2. The molecule has 42 heavy (non-hydrogen) atoms. The molecule has 11 nitrogen and oxygen atoms in total. The number of aromatic nitrogens is 2. The molecule has 2 atom stereocenters. The molecule has 0 aliphatic rings. The first-order chi connectivity index (χ1) is 20.0. The number of amides is 3. The number of para-hydroxylation sites is 1. The standard InChI is InChI=1S/C27H31ClF3N7O4/c1-2-38(14-13-32)24(39)12-11-21(35-28)25(40)33-22(15-17-7-9-19(10-8-17)42-27(29,30)31)26(41)34-23-16-18-5-3-4-6-20(18)36-37-23/h3-10,16,21-22,35H,2,11-15,32H2,1H3,(H,33,40)(H,34,37,41)/p+1. The lowest BCUT2D eigenvalue weighted by Gasteiger charge is -2.22. The van der Waals surface area contributed by atoms with E-state index >= 15 is 0 Å². The van der Waals surface area contributed by atoms with Crippen LogP contribution in [0.4, 0.5) is 19.0 Å². The molecule has 226 valence electrons. The van der Waals surface area contributed by atoms with Gasteiger partial charge in [-0.25, -0.2) is 14.9 Å². The van der Waals surface area contributed by atoms with E-state index in [0.717, 1.165) is 17.5 Å². The number of benzene rings is 2. The Kier molecular flexibility index (Phi) is 11.8. The van der Waals surface area contributed by atoms with Gasteiger partial charge in [-0.1, -0.05) is 35.4 Å². The minimum absolute atomic E-state index is 0.000889. The van der Waals surface area contributed by atoms with Crippen LogP contribution in [0.5, 0.6) is 5.75 Å². The fourth-order valence-corrected chi connectivity index (χ4v) is 4.33. The quantitative estimate of drug-likeness (QED) is 0.204. The molecule has 0 aliphatic carbocycles. The number of aromatic amines is 1. The molecule has 0 bridgehead atoms. The molecule has 0 spiro atoms. The Morgan fingerprint density at radius 1 is 1.10 bits per heavy atom. The minimum atomic E-state index is -4.86. The van der Waals surface area contributed by atoms with Crippen LogP contribution < -0.4 is 31.0 Å². The summed E-state index contributed by atoms with van der Waals surface area (Å²) in [5.74, 6) is -1.67. The second kappa shape index (κ2) is 15.3. The zero-order valence-corrected chi connectivity index (χ0v) is 23.5. The fourth-order valence-electron chi connectivity index (χ4n) is 4.12. The third-order valence-corrected chi connectivity index (χ3v) is 6.51. The predicted octanol–water partition coefficient (Wildman–Crippen LogP) is 2.31. The summed E-state index contributed by atoms with van der Waals surface area (Å²) in [5, 5.41) is 13.0. The van der Waals surface area contributed by atoms with Crippen LogP contribution >= 0.6 is 11.8 Å². The number of nitrogens with one attached hydrogen (secondary N) is 4. The predicted molar refractivity (Wildman–Crippen MR) is 149 cm³/mol. The Hall–Kier alpha value is -4.01. The molecule has 3 aromatic rings. The summed E-state index contributed by atoms with van der Waals surface area (Å²) in [4.78, 5) is 42.9. The van der Waals surface area contributed by atoms with E-state index in [4.69, 9.17) is 17.5 Å². The normalized spacial score (nSPS) is 12.8. The van der Waals surface area contributed by atoms with E-state index in [9.17, 15) is 27.6 Å². The topological polar surface area (TPSA) is 153 Å². The lowest BCUT2D eigenvalue weighted by molar-refractivity contribution is -0.435. The van der Waals surface area contributed by atoms with Gasteiger partial charge in [-0.3, -0.25) is 9.59 Å². The van der Waals surface area contributed by atoms with Gasteiger partial charge in [0.1, 0.15) is 23.3 Å². The second-order valence-corrected chi connectivity index (χ2v) is 9.47. The first kappa shape index (κ1) is 32.5. The van der Waals surface area contributed by atoms with Gasteiger partial charge >= 0.3 is 18.1 Å². The number of carbonyl (C=O) groups is 3. The summed E-state index contributed by atoms with van der Waals surface area (Å²) in [5.41, 5.74) is 6.65. The Labute approximate surface area is 245 Å². The molecule has 0 saturated heterocycles. The van der Waals surface area contributed by atoms with E-state index in [-0.39, 0.29) is 31.0 Å². The highest BCUT2D eigenvalue weighted by molar-refractivity contribution is 6.15. The van der Waals surface area contributed by atoms with Gasteiger partial charge in [0.05, 0.1) is 0 Å². The third-order valence-electron chi connectivity index (χ3n) is 6.25. The van der Waals surface area contributed by atoms with E-state index < -0.39 is 36.0 Å². The van der Waals surface area contributed by atoms with Crippen LogP contribution in [-0.4, -0.2) is 65.8 Å². The summed E-state index contributed by atoms with van der Waals surface area (Å²) in [6, 6.07) is 11.6. The first-order valence-corrected chi connectivity index (χ1v) is 13.5. The van der Waals surface area contributed by atoms with Gasteiger partial charge in [0.15, 0.2) is 0 Å². The number of halogens is 4. The Morgan fingerprint density at radius 2 is 1.81 bits per heavy atom. The highest BCUT2D eigenvalue weighted by atomic mass is 35.5. The summed E-state index contributed by atoms with van der Waals surface area (Å²) in [6.45, 7) is 2.93. The van der Waals surface area contributed by atoms with Crippen LogP contribution in [0.1, 0.15) is 25.3 Å². The number of carbonyl (C=O) groups excluding carboxylic acids is 3. The van der Waals surface area contributed by atoms with Crippen molar-refractivity contribution in [1.29, 1.82) is 0 Å². The van der Waals surface area contributed by atoms with Crippen molar-refractivity contribution >= 4 is 46.2 Å². The molecule has 0 saturated carbocycles. The van der Waals surface area contributed by atoms with Crippen molar-refractivity contribution in [3.63, 3.8) is 0 Å². The lowest BCUT2D eigenvalue weighted by atomic mass is 10.0. The number of H-pyrrole nitrogens is 1. The minimum Gasteiger partial charge on any atom is -0.406 e. The molecular formula is C27H32ClF3N7O4+. The van der Waals surface area contributed by atoms with Crippen LogP contribution in [0.25, 0.3) is 10.9 Å². The van der Waals surface area contributed by atoms with Crippen molar-refractivity contribution in [3.05, 3.63) is 60.2 Å². The zero-order valence-electron chi connectivity index (χ0n) is 22.7. The van der Waals surface area contributed by atoms with Gasteiger partial charge in [0.25, 0.3) is 0 Å². The first-order valence-electron chi connectivity index (χ1n) is 13.1. The summed E-state index contributed by atoms with van der Waals surface area (Å²) < 4.78 is 41.6. The molecule has 3 amide bonds. The van der Waals surface area contributed by atoms with Crippen molar-refractivity contribution < 1.29 is 37.4 Å². The molecule has 0 aliphatic heterocycles. The molecular weight excluding hydrogens is 579 g/mol.